The molecule has 1 aromatic heterocycles. The lowest BCUT2D eigenvalue weighted by Crippen LogP contribution is -2.14. The molecular weight excluding hydrogens is 274 g/mol. The van der Waals surface area contributed by atoms with Crippen LogP contribution in [0.2, 0.25) is 10.0 Å². The Kier molecular flexibility index (Phi) is 4.17. The summed E-state index contributed by atoms with van der Waals surface area (Å²) in [5.41, 5.74) is 7.52. The number of hydrogen-bond donors (Lipinski definition) is 1. The van der Waals surface area contributed by atoms with Crippen LogP contribution < -0.4 is 5.73 Å². The van der Waals surface area contributed by atoms with Gasteiger partial charge in [0.1, 0.15) is 5.82 Å². The lowest BCUT2D eigenvalue weighted by Gasteiger charge is -2.13. The Morgan fingerprint density at radius 1 is 1.22 bits per heavy atom. The van der Waals surface area contributed by atoms with Crippen LogP contribution in [-0.4, -0.2) is 4.98 Å². The van der Waals surface area contributed by atoms with Gasteiger partial charge in [-0.05, 0) is 35.7 Å². The lowest BCUT2D eigenvalue weighted by atomic mass is 10.0. The average Bonchev–Trinajstić information content (AvgIpc) is 2.32. The fourth-order valence-corrected chi connectivity index (χ4v) is 2.16. The Morgan fingerprint density at radius 2 is 2.00 bits per heavy atom. The van der Waals surface area contributed by atoms with Crippen molar-refractivity contribution >= 4 is 23.2 Å². The van der Waals surface area contributed by atoms with E-state index in [1.165, 1.54) is 6.07 Å². The Labute approximate surface area is 115 Å². The maximum Gasteiger partial charge on any atom is 0.141 e. The fourth-order valence-electron chi connectivity index (χ4n) is 1.67. The van der Waals surface area contributed by atoms with Crippen LogP contribution in [0.1, 0.15) is 17.2 Å². The van der Waals surface area contributed by atoms with Crippen LogP contribution >= 0.6 is 23.2 Å². The molecule has 2 aromatic rings. The number of pyridine rings is 1. The average molecular weight is 285 g/mol. The Morgan fingerprint density at radius 3 is 2.67 bits per heavy atom. The SMILES string of the molecule is NC(Cc1ccc(Cl)cc1Cl)c1cncc(F)c1. The first-order valence-corrected chi connectivity index (χ1v) is 6.12. The third-order valence-corrected chi connectivity index (χ3v) is 3.20. The van der Waals surface area contributed by atoms with E-state index < -0.39 is 5.82 Å². The van der Waals surface area contributed by atoms with Crippen molar-refractivity contribution in [1.29, 1.82) is 0 Å². The first-order valence-electron chi connectivity index (χ1n) is 5.36. The van der Waals surface area contributed by atoms with Crippen LogP contribution in [0.5, 0.6) is 0 Å². The van der Waals surface area contributed by atoms with Gasteiger partial charge >= 0.3 is 0 Å². The van der Waals surface area contributed by atoms with E-state index in [0.717, 1.165) is 11.8 Å². The third-order valence-electron chi connectivity index (χ3n) is 2.61. The molecule has 0 aliphatic carbocycles. The predicted octanol–water partition coefficient (Wildman–Crippen LogP) is 3.77. The molecule has 5 heteroatoms. The molecule has 0 saturated heterocycles. The van der Waals surface area contributed by atoms with Gasteiger partial charge in [0.25, 0.3) is 0 Å². The largest absolute Gasteiger partial charge is 0.324 e. The summed E-state index contributed by atoms with van der Waals surface area (Å²) in [5, 5.41) is 1.13. The fraction of sp³-hybridized carbons (Fsp3) is 0.154. The van der Waals surface area contributed by atoms with E-state index in [9.17, 15) is 4.39 Å². The third kappa shape index (κ3) is 3.19. The lowest BCUT2D eigenvalue weighted by molar-refractivity contribution is 0.610. The van der Waals surface area contributed by atoms with Gasteiger partial charge in [-0.2, -0.15) is 0 Å². The van der Waals surface area contributed by atoms with Crippen LogP contribution in [0.25, 0.3) is 0 Å². The standard InChI is InChI=1S/C13H11Cl2FN2/c14-10-2-1-8(12(15)5-10)4-13(17)9-3-11(16)7-18-6-9/h1-3,5-7,13H,4,17H2. The normalized spacial score (nSPS) is 12.4. The van der Waals surface area contributed by atoms with Crippen molar-refractivity contribution in [2.75, 3.05) is 0 Å². The molecule has 94 valence electrons. The number of halogens is 3. The molecule has 2 N–H and O–H groups in total. The highest BCUT2D eigenvalue weighted by molar-refractivity contribution is 6.35. The summed E-state index contributed by atoms with van der Waals surface area (Å²) >= 11 is 11.9. The van der Waals surface area contributed by atoms with E-state index in [0.29, 0.717) is 22.0 Å². The molecule has 1 unspecified atom stereocenters. The molecule has 0 aliphatic heterocycles. The molecule has 0 spiro atoms. The smallest absolute Gasteiger partial charge is 0.141 e. The molecule has 0 radical (unpaired) electrons. The summed E-state index contributed by atoms with van der Waals surface area (Å²) in [5.74, 6) is -0.398. The van der Waals surface area contributed by atoms with E-state index in [-0.39, 0.29) is 6.04 Å². The number of nitrogens with two attached hydrogens (primary N) is 1. The second-order valence-electron chi connectivity index (χ2n) is 3.98. The van der Waals surface area contributed by atoms with Crippen LogP contribution in [0.3, 0.4) is 0 Å². The molecule has 1 aromatic carbocycles. The Bertz CT molecular complexity index is 560. The number of nitrogens with zero attached hydrogens (tertiary/aromatic N) is 1. The van der Waals surface area contributed by atoms with E-state index in [4.69, 9.17) is 28.9 Å². The summed E-state index contributed by atoms with van der Waals surface area (Å²) in [6, 6.07) is 6.25. The van der Waals surface area contributed by atoms with Crippen molar-refractivity contribution in [3.05, 3.63) is 63.6 Å². The van der Waals surface area contributed by atoms with Crippen LogP contribution in [0.15, 0.2) is 36.7 Å². The Balaban J connectivity index is 2.18. The van der Waals surface area contributed by atoms with Crippen molar-refractivity contribution in [2.45, 2.75) is 12.5 Å². The zero-order chi connectivity index (χ0) is 13.1. The minimum atomic E-state index is -0.398. The molecule has 0 saturated carbocycles. The summed E-state index contributed by atoms with van der Waals surface area (Å²) in [4.78, 5) is 3.77. The van der Waals surface area contributed by atoms with Gasteiger partial charge in [0.05, 0.1) is 6.20 Å². The van der Waals surface area contributed by atoms with Gasteiger partial charge in [-0.25, -0.2) is 4.39 Å². The van der Waals surface area contributed by atoms with E-state index in [1.54, 1.807) is 18.3 Å². The highest BCUT2D eigenvalue weighted by Crippen LogP contribution is 2.25. The minimum Gasteiger partial charge on any atom is -0.324 e. The molecule has 1 atom stereocenters. The monoisotopic (exact) mass is 284 g/mol. The van der Waals surface area contributed by atoms with Crippen LogP contribution in [0.4, 0.5) is 4.39 Å². The molecule has 0 fully saturated rings. The molecule has 0 amide bonds. The minimum absolute atomic E-state index is 0.355. The predicted molar refractivity (Wildman–Crippen MR) is 71.3 cm³/mol. The summed E-state index contributed by atoms with van der Waals surface area (Å²) in [7, 11) is 0. The van der Waals surface area contributed by atoms with Gasteiger partial charge in [0.2, 0.25) is 0 Å². The first kappa shape index (κ1) is 13.3. The number of hydrogen-bond acceptors (Lipinski definition) is 2. The summed E-state index contributed by atoms with van der Waals surface area (Å²) in [6.07, 6.45) is 3.20. The van der Waals surface area contributed by atoms with Gasteiger partial charge in [-0.1, -0.05) is 29.3 Å². The van der Waals surface area contributed by atoms with Gasteiger partial charge in [0, 0.05) is 22.3 Å². The molecule has 2 rings (SSSR count). The second-order valence-corrected chi connectivity index (χ2v) is 4.83. The molecule has 18 heavy (non-hydrogen) atoms. The molecule has 0 bridgehead atoms. The molecular formula is C13H11Cl2FN2. The molecule has 1 heterocycles. The molecule has 0 aliphatic rings. The quantitative estimate of drug-likeness (QED) is 0.932. The van der Waals surface area contributed by atoms with Crippen molar-refractivity contribution < 1.29 is 4.39 Å². The van der Waals surface area contributed by atoms with Crippen molar-refractivity contribution in [3.63, 3.8) is 0 Å². The topological polar surface area (TPSA) is 38.9 Å². The number of rotatable bonds is 3. The second kappa shape index (κ2) is 5.65. The number of benzene rings is 1. The number of aromatic nitrogens is 1. The van der Waals surface area contributed by atoms with E-state index in [2.05, 4.69) is 4.98 Å². The van der Waals surface area contributed by atoms with Gasteiger partial charge in [-0.15, -0.1) is 0 Å². The van der Waals surface area contributed by atoms with E-state index in [1.807, 2.05) is 6.07 Å². The summed E-state index contributed by atoms with van der Waals surface area (Å²) in [6.45, 7) is 0. The highest BCUT2D eigenvalue weighted by atomic mass is 35.5. The van der Waals surface area contributed by atoms with Crippen LogP contribution in [-0.2, 0) is 6.42 Å². The van der Waals surface area contributed by atoms with Crippen molar-refractivity contribution in [2.24, 2.45) is 5.73 Å². The van der Waals surface area contributed by atoms with Crippen LogP contribution in [0, 0.1) is 5.82 Å². The highest BCUT2D eigenvalue weighted by Gasteiger charge is 2.11. The maximum absolute atomic E-state index is 13.0. The van der Waals surface area contributed by atoms with Gasteiger partial charge < -0.3 is 5.73 Å². The first-order chi connectivity index (χ1) is 8.56. The Hall–Kier alpha value is -1.16. The van der Waals surface area contributed by atoms with Crippen molar-refractivity contribution in [3.8, 4) is 0 Å². The maximum atomic E-state index is 13.0. The van der Waals surface area contributed by atoms with Gasteiger partial charge in [0.15, 0.2) is 0 Å². The zero-order valence-electron chi connectivity index (χ0n) is 9.41. The van der Waals surface area contributed by atoms with Gasteiger partial charge in [-0.3, -0.25) is 4.98 Å². The van der Waals surface area contributed by atoms with E-state index >= 15 is 0 Å². The molecule has 2 nitrogen and oxygen atoms in total. The zero-order valence-corrected chi connectivity index (χ0v) is 10.9. The summed E-state index contributed by atoms with van der Waals surface area (Å²) < 4.78 is 13.0. The van der Waals surface area contributed by atoms with Crippen molar-refractivity contribution in [1.82, 2.24) is 4.98 Å².